The van der Waals surface area contributed by atoms with Crippen LogP contribution in [0.1, 0.15) is 28.2 Å². The quantitative estimate of drug-likeness (QED) is 0.402. The third kappa shape index (κ3) is 5.12. The van der Waals surface area contributed by atoms with Crippen LogP contribution in [0.2, 0.25) is 0 Å². The van der Waals surface area contributed by atoms with E-state index in [0.717, 1.165) is 41.1 Å². The second kappa shape index (κ2) is 9.94. The Morgan fingerprint density at radius 2 is 1.71 bits per heavy atom. The van der Waals surface area contributed by atoms with Gasteiger partial charge in [-0.3, -0.25) is 4.79 Å². The van der Waals surface area contributed by atoms with Gasteiger partial charge in [-0.15, -0.1) is 0 Å². The number of hydrogen-bond acceptors (Lipinski definition) is 3. The minimum atomic E-state index is -0.0444. The fourth-order valence-electron chi connectivity index (χ4n) is 3.71. The molecule has 3 aromatic carbocycles. The zero-order valence-corrected chi connectivity index (χ0v) is 17.8. The number of amides is 1. The Morgan fingerprint density at radius 3 is 2.55 bits per heavy atom. The molecule has 0 spiro atoms. The van der Waals surface area contributed by atoms with E-state index >= 15 is 0 Å². The summed E-state index contributed by atoms with van der Waals surface area (Å²) in [4.78, 5) is 17.3. The van der Waals surface area contributed by atoms with Crippen molar-refractivity contribution in [3.63, 3.8) is 0 Å². The summed E-state index contributed by atoms with van der Waals surface area (Å²) in [6, 6.07) is 25.7. The molecule has 0 saturated carbocycles. The minimum Gasteiger partial charge on any atom is -0.494 e. The molecule has 1 heterocycles. The molecular formula is C26H27N3O2. The predicted molar refractivity (Wildman–Crippen MR) is 124 cm³/mol. The number of imidazole rings is 1. The average Bonchev–Trinajstić information content (AvgIpc) is 3.15. The first kappa shape index (κ1) is 20.7. The van der Waals surface area contributed by atoms with Crippen LogP contribution in [0.5, 0.6) is 5.75 Å². The summed E-state index contributed by atoms with van der Waals surface area (Å²) in [5, 5.41) is 3.03. The fourth-order valence-corrected chi connectivity index (χ4v) is 3.71. The molecule has 1 amide bonds. The second-order valence-electron chi connectivity index (χ2n) is 7.50. The molecule has 1 N–H and O–H groups in total. The summed E-state index contributed by atoms with van der Waals surface area (Å²) < 4.78 is 8.08. The maximum atomic E-state index is 12.5. The van der Waals surface area contributed by atoms with Gasteiger partial charge in [0.1, 0.15) is 11.6 Å². The van der Waals surface area contributed by atoms with Gasteiger partial charge in [0, 0.05) is 25.1 Å². The number of hydrogen-bond donors (Lipinski definition) is 1. The first-order chi connectivity index (χ1) is 15.2. The lowest BCUT2D eigenvalue weighted by Gasteiger charge is -2.11. The Hall–Kier alpha value is -3.60. The van der Waals surface area contributed by atoms with Crippen molar-refractivity contribution in [2.24, 2.45) is 0 Å². The predicted octanol–water partition coefficient (Wildman–Crippen LogP) is 4.79. The summed E-state index contributed by atoms with van der Waals surface area (Å²) in [5.74, 6) is 1.82. The highest BCUT2D eigenvalue weighted by Gasteiger charge is 2.12. The average molecular weight is 414 g/mol. The van der Waals surface area contributed by atoms with Crippen molar-refractivity contribution >= 4 is 16.9 Å². The Balaban J connectivity index is 1.39. The first-order valence-electron chi connectivity index (χ1n) is 10.7. The van der Waals surface area contributed by atoms with Gasteiger partial charge in [0.25, 0.3) is 5.91 Å². The SMILES string of the molecule is Cc1ccccc1C(=O)NCCc1nc2ccccc2n1CCCOc1ccccc1. The molecule has 0 unspecified atom stereocenters. The summed E-state index contributed by atoms with van der Waals surface area (Å²) in [6.07, 6.45) is 1.55. The van der Waals surface area contributed by atoms with E-state index in [0.29, 0.717) is 25.1 Å². The normalized spacial score (nSPS) is 10.9. The van der Waals surface area contributed by atoms with Crippen molar-refractivity contribution in [3.05, 3.63) is 95.8 Å². The number of ether oxygens (including phenoxy) is 1. The molecule has 0 atom stereocenters. The lowest BCUT2D eigenvalue weighted by Crippen LogP contribution is -2.27. The van der Waals surface area contributed by atoms with Gasteiger partial charge in [0.15, 0.2) is 0 Å². The van der Waals surface area contributed by atoms with Gasteiger partial charge in [-0.1, -0.05) is 48.5 Å². The van der Waals surface area contributed by atoms with Crippen LogP contribution in [0.3, 0.4) is 0 Å². The molecule has 0 aliphatic heterocycles. The highest BCUT2D eigenvalue weighted by molar-refractivity contribution is 5.95. The van der Waals surface area contributed by atoms with Crippen molar-refractivity contribution in [2.75, 3.05) is 13.2 Å². The van der Waals surface area contributed by atoms with Crippen LogP contribution in [0.4, 0.5) is 0 Å². The number of nitrogens with zero attached hydrogens (tertiary/aromatic N) is 2. The van der Waals surface area contributed by atoms with Crippen molar-refractivity contribution in [2.45, 2.75) is 26.3 Å². The molecular weight excluding hydrogens is 386 g/mol. The lowest BCUT2D eigenvalue weighted by atomic mass is 10.1. The molecule has 0 radical (unpaired) electrons. The molecule has 31 heavy (non-hydrogen) atoms. The third-order valence-corrected chi connectivity index (χ3v) is 5.30. The number of aromatic nitrogens is 2. The van der Waals surface area contributed by atoms with Crippen molar-refractivity contribution in [3.8, 4) is 5.75 Å². The number of rotatable bonds is 9. The molecule has 0 aliphatic rings. The second-order valence-corrected chi connectivity index (χ2v) is 7.50. The highest BCUT2D eigenvalue weighted by atomic mass is 16.5. The van der Waals surface area contributed by atoms with Gasteiger partial charge in [0.2, 0.25) is 0 Å². The smallest absolute Gasteiger partial charge is 0.251 e. The molecule has 5 nitrogen and oxygen atoms in total. The van der Waals surface area contributed by atoms with E-state index in [1.165, 1.54) is 0 Å². The molecule has 0 fully saturated rings. The van der Waals surface area contributed by atoms with E-state index in [1.54, 1.807) is 0 Å². The summed E-state index contributed by atoms with van der Waals surface area (Å²) >= 11 is 0. The van der Waals surface area contributed by atoms with Crippen molar-refractivity contribution < 1.29 is 9.53 Å². The summed E-state index contributed by atoms with van der Waals surface area (Å²) in [5.41, 5.74) is 3.79. The zero-order chi connectivity index (χ0) is 21.5. The molecule has 158 valence electrons. The van der Waals surface area contributed by atoms with E-state index in [2.05, 4.69) is 16.0 Å². The number of para-hydroxylation sites is 3. The van der Waals surface area contributed by atoms with E-state index in [4.69, 9.17) is 9.72 Å². The molecule has 0 aliphatic carbocycles. The van der Waals surface area contributed by atoms with E-state index in [1.807, 2.05) is 79.7 Å². The number of nitrogens with one attached hydrogen (secondary N) is 1. The number of aryl methyl sites for hydroxylation is 2. The molecule has 5 heteroatoms. The van der Waals surface area contributed by atoms with Gasteiger partial charge in [-0.05, 0) is 49.2 Å². The Bertz CT molecular complexity index is 1150. The zero-order valence-electron chi connectivity index (χ0n) is 17.8. The van der Waals surface area contributed by atoms with Crippen molar-refractivity contribution in [1.82, 2.24) is 14.9 Å². The van der Waals surface area contributed by atoms with Gasteiger partial charge < -0.3 is 14.6 Å². The van der Waals surface area contributed by atoms with Crippen molar-refractivity contribution in [1.29, 1.82) is 0 Å². The first-order valence-corrected chi connectivity index (χ1v) is 10.7. The van der Waals surface area contributed by atoms with E-state index in [-0.39, 0.29) is 5.91 Å². The fraction of sp³-hybridized carbons (Fsp3) is 0.231. The number of benzene rings is 3. The summed E-state index contributed by atoms with van der Waals surface area (Å²) in [6.45, 7) is 3.94. The maximum Gasteiger partial charge on any atom is 0.251 e. The minimum absolute atomic E-state index is 0.0444. The van der Waals surface area contributed by atoms with Gasteiger partial charge >= 0.3 is 0 Å². The summed E-state index contributed by atoms with van der Waals surface area (Å²) in [7, 11) is 0. The van der Waals surface area contributed by atoms with Crippen LogP contribution < -0.4 is 10.1 Å². The van der Waals surface area contributed by atoms with Crippen LogP contribution >= 0.6 is 0 Å². The molecule has 0 saturated heterocycles. The van der Waals surface area contributed by atoms with E-state index < -0.39 is 0 Å². The highest BCUT2D eigenvalue weighted by Crippen LogP contribution is 2.17. The van der Waals surface area contributed by atoms with Crippen LogP contribution in [0.15, 0.2) is 78.9 Å². The molecule has 4 rings (SSSR count). The number of carbonyl (C=O) groups is 1. The molecule has 4 aromatic rings. The molecule has 1 aromatic heterocycles. The van der Waals surface area contributed by atoms with E-state index in [9.17, 15) is 4.79 Å². The Morgan fingerprint density at radius 1 is 0.968 bits per heavy atom. The van der Waals surface area contributed by atoms with Crippen LogP contribution in [-0.2, 0) is 13.0 Å². The number of fused-ring (bicyclic) bond motifs is 1. The number of carbonyl (C=O) groups excluding carboxylic acids is 1. The molecule has 0 bridgehead atoms. The lowest BCUT2D eigenvalue weighted by molar-refractivity contribution is 0.0953. The van der Waals surface area contributed by atoms with Gasteiger partial charge in [-0.25, -0.2) is 4.98 Å². The largest absolute Gasteiger partial charge is 0.494 e. The third-order valence-electron chi connectivity index (χ3n) is 5.30. The van der Waals surface area contributed by atoms with Gasteiger partial charge in [-0.2, -0.15) is 0 Å². The Labute approximate surface area is 182 Å². The van der Waals surface area contributed by atoms with Crippen LogP contribution in [0, 0.1) is 6.92 Å². The van der Waals surface area contributed by atoms with Crippen LogP contribution in [0.25, 0.3) is 11.0 Å². The standard InChI is InChI=1S/C26H27N3O2/c1-20-10-5-6-13-22(20)26(30)27-17-16-25-28-23-14-7-8-15-24(23)29(25)18-9-19-31-21-11-3-2-4-12-21/h2-8,10-15H,9,16-19H2,1H3,(H,27,30). The monoisotopic (exact) mass is 413 g/mol. The van der Waals surface area contributed by atoms with Crippen LogP contribution in [-0.4, -0.2) is 28.6 Å². The van der Waals surface area contributed by atoms with Gasteiger partial charge in [0.05, 0.1) is 17.6 Å². The maximum absolute atomic E-state index is 12.5. The Kier molecular flexibility index (Phi) is 6.62. The topological polar surface area (TPSA) is 56.2 Å².